The number of anilines is 1. The normalized spacial score (nSPS) is 11.3. The van der Waals surface area contributed by atoms with Crippen molar-refractivity contribution in [1.82, 2.24) is 9.97 Å². The molecular weight excluding hydrogens is 293 g/mol. The summed E-state index contributed by atoms with van der Waals surface area (Å²) in [7, 11) is -4.09. The van der Waals surface area contributed by atoms with Gasteiger partial charge in [-0.05, 0) is 25.1 Å². The molecule has 5 nitrogen and oxygen atoms in total. The van der Waals surface area contributed by atoms with Gasteiger partial charge in [0.05, 0.1) is 0 Å². The highest BCUT2D eigenvalue weighted by atomic mass is 35.5. The number of sulfonamides is 1. The number of hydrogen-bond acceptors (Lipinski definition) is 4. The third kappa shape index (κ3) is 3.18. The minimum absolute atomic E-state index is 0.0960. The van der Waals surface area contributed by atoms with Crippen LogP contribution in [0.1, 0.15) is 5.69 Å². The van der Waals surface area contributed by atoms with Crippen LogP contribution in [0.5, 0.6) is 0 Å². The van der Waals surface area contributed by atoms with E-state index < -0.39 is 20.7 Å². The summed E-state index contributed by atoms with van der Waals surface area (Å²) in [6, 6.07) is 6.49. The maximum atomic E-state index is 13.5. The van der Waals surface area contributed by atoms with Gasteiger partial charge in [-0.25, -0.2) is 27.5 Å². The first-order chi connectivity index (χ1) is 8.88. The Morgan fingerprint density at radius 3 is 2.58 bits per heavy atom. The lowest BCUT2D eigenvalue weighted by molar-refractivity contribution is 0.570. The molecular formula is C11H9ClFN3O2S. The van der Waals surface area contributed by atoms with Crippen molar-refractivity contribution in [3.8, 4) is 0 Å². The van der Waals surface area contributed by atoms with Gasteiger partial charge in [0.1, 0.15) is 15.9 Å². The van der Waals surface area contributed by atoms with Gasteiger partial charge in [0.2, 0.25) is 5.95 Å². The van der Waals surface area contributed by atoms with Crippen LogP contribution in [-0.4, -0.2) is 18.4 Å². The summed E-state index contributed by atoms with van der Waals surface area (Å²) in [4.78, 5) is 7.11. The van der Waals surface area contributed by atoms with E-state index in [-0.39, 0.29) is 11.1 Å². The zero-order chi connectivity index (χ0) is 14.0. The van der Waals surface area contributed by atoms with Crippen molar-refractivity contribution in [2.45, 2.75) is 11.8 Å². The van der Waals surface area contributed by atoms with Gasteiger partial charge in [0.25, 0.3) is 10.0 Å². The molecule has 0 atom stereocenters. The van der Waals surface area contributed by atoms with Gasteiger partial charge in [-0.2, -0.15) is 0 Å². The van der Waals surface area contributed by atoms with Crippen LogP contribution in [0.15, 0.2) is 35.2 Å². The molecule has 0 bridgehead atoms. The van der Waals surface area contributed by atoms with Crippen LogP contribution >= 0.6 is 11.6 Å². The van der Waals surface area contributed by atoms with Gasteiger partial charge in [-0.15, -0.1) is 0 Å². The van der Waals surface area contributed by atoms with Crippen LogP contribution in [-0.2, 0) is 10.0 Å². The molecule has 1 N–H and O–H groups in total. The molecule has 2 aromatic rings. The van der Waals surface area contributed by atoms with E-state index in [1.54, 1.807) is 6.92 Å². The molecule has 2 rings (SSSR count). The first-order valence-electron chi connectivity index (χ1n) is 5.17. The highest BCUT2D eigenvalue weighted by molar-refractivity contribution is 7.92. The first-order valence-corrected chi connectivity index (χ1v) is 7.03. The quantitative estimate of drug-likeness (QED) is 0.884. The smallest absolute Gasteiger partial charge is 0.247 e. The lowest BCUT2D eigenvalue weighted by Crippen LogP contribution is -2.16. The topological polar surface area (TPSA) is 72.0 Å². The standard InChI is InChI=1S/C11H9ClFN3O2S/c1-7-6-10(12)15-11(14-7)16-19(17,18)9-5-3-2-4-8(9)13/h2-6H,1H3,(H,14,15,16). The molecule has 0 saturated carbocycles. The lowest BCUT2D eigenvalue weighted by atomic mass is 10.4. The van der Waals surface area contributed by atoms with E-state index in [0.717, 1.165) is 12.1 Å². The summed E-state index contributed by atoms with van der Waals surface area (Å²) in [6.45, 7) is 1.63. The number of benzene rings is 1. The van der Waals surface area contributed by atoms with Crippen molar-refractivity contribution >= 4 is 27.6 Å². The maximum absolute atomic E-state index is 13.5. The van der Waals surface area contributed by atoms with Gasteiger partial charge >= 0.3 is 0 Å². The monoisotopic (exact) mass is 301 g/mol. The van der Waals surface area contributed by atoms with Crippen LogP contribution < -0.4 is 4.72 Å². The molecule has 8 heteroatoms. The second-order valence-corrected chi connectivity index (χ2v) is 5.73. The SMILES string of the molecule is Cc1cc(Cl)nc(NS(=O)(=O)c2ccccc2F)n1. The molecule has 19 heavy (non-hydrogen) atoms. The molecule has 0 fully saturated rings. The van der Waals surface area contributed by atoms with E-state index in [1.807, 2.05) is 0 Å². The Morgan fingerprint density at radius 2 is 1.95 bits per heavy atom. The number of halogens is 2. The third-order valence-electron chi connectivity index (χ3n) is 2.17. The zero-order valence-corrected chi connectivity index (χ0v) is 11.3. The van der Waals surface area contributed by atoms with Crippen molar-refractivity contribution in [2.75, 3.05) is 4.72 Å². The van der Waals surface area contributed by atoms with Gasteiger partial charge < -0.3 is 0 Å². The average Bonchev–Trinajstić information content (AvgIpc) is 2.26. The van der Waals surface area contributed by atoms with E-state index in [9.17, 15) is 12.8 Å². The number of aryl methyl sites for hydroxylation is 1. The van der Waals surface area contributed by atoms with Crippen LogP contribution in [0.25, 0.3) is 0 Å². The Kier molecular flexibility index (Phi) is 3.68. The van der Waals surface area contributed by atoms with Crippen molar-refractivity contribution in [1.29, 1.82) is 0 Å². The van der Waals surface area contributed by atoms with Crippen molar-refractivity contribution in [3.63, 3.8) is 0 Å². The fourth-order valence-electron chi connectivity index (χ4n) is 1.41. The summed E-state index contributed by atoms with van der Waals surface area (Å²) >= 11 is 5.70. The van der Waals surface area contributed by atoms with Gasteiger partial charge in [-0.1, -0.05) is 23.7 Å². The molecule has 0 radical (unpaired) electrons. The minimum Gasteiger partial charge on any atom is -0.247 e. The molecule has 0 saturated heterocycles. The molecule has 0 unspecified atom stereocenters. The Balaban J connectivity index is 2.39. The predicted octanol–water partition coefficient (Wildman–Crippen LogP) is 2.38. The summed E-state index contributed by atoms with van der Waals surface area (Å²) in [5.41, 5.74) is 0.492. The fraction of sp³-hybridized carbons (Fsp3) is 0.0909. The zero-order valence-electron chi connectivity index (χ0n) is 9.76. The van der Waals surface area contributed by atoms with E-state index in [2.05, 4.69) is 14.7 Å². The number of aromatic nitrogens is 2. The highest BCUT2D eigenvalue weighted by Gasteiger charge is 2.19. The largest absolute Gasteiger partial charge is 0.267 e. The summed E-state index contributed by atoms with van der Waals surface area (Å²) < 4.78 is 39.5. The van der Waals surface area contributed by atoms with E-state index in [1.165, 1.54) is 18.2 Å². The fourth-order valence-corrected chi connectivity index (χ4v) is 2.68. The molecule has 1 heterocycles. The van der Waals surface area contributed by atoms with Crippen LogP contribution in [0.2, 0.25) is 5.15 Å². The van der Waals surface area contributed by atoms with Gasteiger partial charge in [0.15, 0.2) is 0 Å². The lowest BCUT2D eigenvalue weighted by Gasteiger charge is -2.07. The number of nitrogens with one attached hydrogen (secondary N) is 1. The summed E-state index contributed by atoms with van der Waals surface area (Å²) in [5, 5.41) is 0.0960. The number of nitrogens with zero attached hydrogens (tertiary/aromatic N) is 2. The van der Waals surface area contributed by atoms with Crippen LogP contribution in [0.3, 0.4) is 0 Å². The maximum Gasteiger partial charge on any atom is 0.267 e. The Hall–Kier alpha value is -1.73. The van der Waals surface area contributed by atoms with Gasteiger partial charge in [-0.3, -0.25) is 0 Å². The minimum atomic E-state index is -4.09. The molecule has 1 aromatic heterocycles. The van der Waals surface area contributed by atoms with Crippen molar-refractivity contribution in [3.05, 3.63) is 47.0 Å². The second kappa shape index (κ2) is 5.10. The van der Waals surface area contributed by atoms with Crippen LogP contribution in [0, 0.1) is 12.7 Å². The van der Waals surface area contributed by atoms with Crippen molar-refractivity contribution < 1.29 is 12.8 Å². The van der Waals surface area contributed by atoms with E-state index in [0.29, 0.717) is 5.69 Å². The number of rotatable bonds is 3. The highest BCUT2D eigenvalue weighted by Crippen LogP contribution is 2.17. The molecule has 0 spiro atoms. The predicted molar refractivity (Wildman–Crippen MR) is 69.0 cm³/mol. The second-order valence-electron chi connectivity index (χ2n) is 3.69. The molecule has 0 aliphatic carbocycles. The third-order valence-corrected chi connectivity index (χ3v) is 3.73. The van der Waals surface area contributed by atoms with E-state index in [4.69, 9.17) is 11.6 Å². The average molecular weight is 302 g/mol. The van der Waals surface area contributed by atoms with Gasteiger partial charge in [0, 0.05) is 5.69 Å². The summed E-state index contributed by atoms with van der Waals surface area (Å²) in [5.74, 6) is -1.05. The number of hydrogen-bond donors (Lipinski definition) is 1. The molecule has 0 amide bonds. The molecule has 100 valence electrons. The Morgan fingerprint density at radius 1 is 1.26 bits per heavy atom. The summed E-state index contributed by atoms with van der Waals surface area (Å²) in [6.07, 6.45) is 0. The van der Waals surface area contributed by atoms with Crippen molar-refractivity contribution in [2.24, 2.45) is 0 Å². The molecule has 1 aromatic carbocycles. The van der Waals surface area contributed by atoms with Crippen LogP contribution in [0.4, 0.5) is 10.3 Å². The molecule has 0 aliphatic rings. The first kappa shape index (κ1) is 13.7. The Labute approximate surface area is 114 Å². The molecule has 0 aliphatic heterocycles. The van der Waals surface area contributed by atoms with E-state index >= 15 is 0 Å². The Bertz CT molecular complexity index is 701.